The second-order valence-corrected chi connectivity index (χ2v) is 8.74. The van der Waals surface area contributed by atoms with E-state index in [1.807, 2.05) is 0 Å². The van der Waals surface area contributed by atoms with Crippen LogP contribution in [-0.4, -0.2) is 38.0 Å². The summed E-state index contributed by atoms with van der Waals surface area (Å²) >= 11 is 0. The highest BCUT2D eigenvalue weighted by Gasteiger charge is 2.21. The van der Waals surface area contributed by atoms with Crippen LogP contribution < -0.4 is 14.3 Å². The molecule has 0 aliphatic heterocycles. The quantitative estimate of drug-likeness (QED) is 0.804. The van der Waals surface area contributed by atoms with Gasteiger partial charge in [0.25, 0.3) is 10.0 Å². The maximum absolute atomic E-state index is 12.6. The molecule has 2 N–H and O–H groups in total. The van der Waals surface area contributed by atoms with Crippen LogP contribution in [0.1, 0.15) is 0 Å². The van der Waals surface area contributed by atoms with E-state index >= 15 is 0 Å². The molecule has 2 rings (SSSR count). The highest BCUT2D eigenvalue weighted by atomic mass is 32.2. The van der Waals surface area contributed by atoms with E-state index in [9.17, 15) is 16.8 Å². The first-order chi connectivity index (χ1) is 11.2. The largest absolute Gasteiger partial charge is 0.378 e. The van der Waals surface area contributed by atoms with Crippen molar-refractivity contribution >= 4 is 31.4 Å². The molecule has 9 heteroatoms. The van der Waals surface area contributed by atoms with Gasteiger partial charge in [0.15, 0.2) is 0 Å². The molecule has 0 amide bonds. The van der Waals surface area contributed by atoms with E-state index in [2.05, 4.69) is 9.44 Å². The molecule has 0 bridgehead atoms. The topological polar surface area (TPSA) is 95.6 Å². The van der Waals surface area contributed by atoms with Crippen molar-refractivity contribution in [1.29, 1.82) is 0 Å². The Morgan fingerprint density at radius 3 is 2.17 bits per heavy atom. The van der Waals surface area contributed by atoms with E-state index in [-0.39, 0.29) is 15.5 Å². The summed E-state index contributed by atoms with van der Waals surface area (Å²) < 4.78 is 53.8. The molecule has 7 nitrogen and oxygen atoms in total. The minimum atomic E-state index is -3.93. The molecular formula is C15H19N3O4S2. The van der Waals surface area contributed by atoms with Crippen molar-refractivity contribution in [3.8, 4) is 0 Å². The molecule has 0 unspecified atom stereocenters. The highest BCUT2D eigenvalue weighted by molar-refractivity contribution is 7.93. The molecule has 0 aliphatic carbocycles. The van der Waals surface area contributed by atoms with Crippen LogP contribution in [0, 0.1) is 0 Å². The Balaban J connectivity index is 2.47. The van der Waals surface area contributed by atoms with Gasteiger partial charge in [-0.1, -0.05) is 18.2 Å². The van der Waals surface area contributed by atoms with Gasteiger partial charge in [-0.05, 0) is 37.4 Å². The summed E-state index contributed by atoms with van der Waals surface area (Å²) in [7, 11) is -2.86. The van der Waals surface area contributed by atoms with Gasteiger partial charge in [0, 0.05) is 19.8 Å². The number of para-hydroxylation sites is 1. The Kier molecular flexibility index (Phi) is 5.16. The van der Waals surface area contributed by atoms with E-state index < -0.39 is 20.0 Å². The molecule has 24 heavy (non-hydrogen) atoms. The van der Waals surface area contributed by atoms with Gasteiger partial charge in [-0.3, -0.25) is 4.72 Å². The van der Waals surface area contributed by atoms with Crippen LogP contribution in [0.5, 0.6) is 0 Å². The van der Waals surface area contributed by atoms with Crippen LogP contribution >= 0.6 is 0 Å². The summed E-state index contributed by atoms with van der Waals surface area (Å²) in [5.74, 6) is 0. The predicted molar refractivity (Wildman–Crippen MR) is 94.3 cm³/mol. The minimum Gasteiger partial charge on any atom is -0.378 e. The first kappa shape index (κ1) is 18.2. The number of hydrogen-bond acceptors (Lipinski definition) is 5. The van der Waals surface area contributed by atoms with Crippen LogP contribution in [0.3, 0.4) is 0 Å². The average Bonchev–Trinajstić information content (AvgIpc) is 2.55. The Labute approximate surface area is 142 Å². The smallest absolute Gasteiger partial charge is 0.262 e. The lowest BCUT2D eigenvalue weighted by atomic mass is 10.3. The fourth-order valence-electron chi connectivity index (χ4n) is 2.03. The maximum Gasteiger partial charge on any atom is 0.262 e. The summed E-state index contributed by atoms with van der Waals surface area (Å²) in [5, 5.41) is 0. The van der Waals surface area contributed by atoms with E-state index in [0.717, 1.165) is 0 Å². The average molecular weight is 369 g/mol. The lowest BCUT2D eigenvalue weighted by Crippen LogP contribution is -2.22. The van der Waals surface area contributed by atoms with Gasteiger partial charge in [0.1, 0.15) is 4.90 Å². The SMILES string of the molecule is CNS(=O)(=O)c1ccccc1NS(=O)(=O)c1cccc(N(C)C)c1. The van der Waals surface area contributed by atoms with Crippen LogP contribution in [0.25, 0.3) is 0 Å². The Bertz CT molecular complexity index is 939. The van der Waals surface area contributed by atoms with E-state index in [1.54, 1.807) is 37.2 Å². The second-order valence-electron chi connectivity index (χ2n) is 5.20. The second kappa shape index (κ2) is 6.80. The lowest BCUT2D eigenvalue weighted by Gasteiger charge is -2.15. The fraction of sp³-hybridized carbons (Fsp3) is 0.200. The molecule has 0 atom stereocenters. The van der Waals surface area contributed by atoms with Crippen LogP contribution in [-0.2, 0) is 20.0 Å². The Morgan fingerprint density at radius 2 is 1.54 bits per heavy atom. The Morgan fingerprint density at radius 1 is 0.875 bits per heavy atom. The van der Waals surface area contributed by atoms with Gasteiger partial charge in [-0.25, -0.2) is 21.6 Å². The summed E-state index contributed by atoms with van der Waals surface area (Å²) in [6.45, 7) is 0. The number of hydrogen-bond donors (Lipinski definition) is 2. The monoisotopic (exact) mass is 369 g/mol. The van der Waals surface area contributed by atoms with E-state index in [0.29, 0.717) is 5.69 Å². The maximum atomic E-state index is 12.6. The Hall–Kier alpha value is -2.10. The third kappa shape index (κ3) is 3.86. The molecular weight excluding hydrogens is 350 g/mol. The number of rotatable bonds is 6. The van der Waals surface area contributed by atoms with Crippen molar-refractivity contribution in [2.75, 3.05) is 30.8 Å². The number of benzene rings is 2. The van der Waals surface area contributed by atoms with E-state index in [1.165, 1.54) is 37.4 Å². The zero-order valence-electron chi connectivity index (χ0n) is 13.5. The standard InChI is InChI=1S/C15H19N3O4S2/c1-16-24(21,22)15-10-5-4-9-14(15)17-23(19,20)13-8-6-7-12(11-13)18(2)3/h4-11,16-17H,1-3H3. The fourth-order valence-corrected chi connectivity index (χ4v) is 4.10. The van der Waals surface area contributed by atoms with Gasteiger partial charge in [-0.15, -0.1) is 0 Å². The minimum absolute atomic E-state index is 0.0119. The van der Waals surface area contributed by atoms with Crippen molar-refractivity contribution in [2.45, 2.75) is 9.79 Å². The molecule has 0 aliphatic rings. The molecule has 2 aromatic rings. The lowest BCUT2D eigenvalue weighted by molar-refractivity contribution is 0.588. The van der Waals surface area contributed by atoms with Gasteiger partial charge in [0.2, 0.25) is 10.0 Å². The highest BCUT2D eigenvalue weighted by Crippen LogP contribution is 2.25. The molecule has 0 aromatic heterocycles. The van der Waals surface area contributed by atoms with Gasteiger partial charge < -0.3 is 4.90 Å². The number of anilines is 2. The predicted octanol–water partition coefficient (Wildman–Crippen LogP) is 1.46. The first-order valence-electron chi connectivity index (χ1n) is 7.00. The third-order valence-corrected chi connectivity index (χ3v) is 6.17. The molecule has 0 fully saturated rings. The van der Waals surface area contributed by atoms with Crippen LogP contribution in [0.15, 0.2) is 58.3 Å². The van der Waals surface area contributed by atoms with Gasteiger partial charge in [0.05, 0.1) is 10.6 Å². The summed E-state index contributed by atoms with van der Waals surface area (Å²) in [5.41, 5.74) is 0.705. The van der Waals surface area contributed by atoms with Crippen molar-refractivity contribution in [3.63, 3.8) is 0 Å². The normalized spacial score (nSPS) is 12.0. The zero-order chi connectivity index (χ0) is 18.0. The van der Waals surface area contributed by atoms with Crippen molar-refractivity contribution in [3.05, 3.63) is 48.5 Å². The molecule has 0 heterocycles. The molecule has 0 spiro atoms. The summed E-state index contributed by atoms with van der Waals surface area (Å²) in [6, 6.07) is 12.2. The number of nitrogens with one attached hydrogen (secondary N) is 2. The molecule has 2 aromatic carbocycles. The molecule has 130 valence electrons. The van der Waals surface area contributed by atoms with Gasteiger partial charge in [-0.2, -0.15) is 0 Å². The van der Waals surface area contributed by atoms with Crippen LogP contribution in [0.4, 0.5) is 11.4 Å². The van der Waals surface area contributed by atoms with Crippen molar-refractivity contribution in [1.82, 2.24) is 4.72 Å². The number of sulfonamides is 2. The zero-order valence-corrected chi connectivity index (χ0v) is 15.1. The van der Waals surface area contributed by atoms with Crippen LogP contribution in [0.2, 0.25) is 0 Å². The van der Waals surface area contributed by atoms with E-state index in [4.69, 9.17) is 0 Å². The summed E-state index contributed by atoms with van der Waals surface area (Å²) in [4.78, 5) is 1.68. The van der Waals surface area contributed by atoms with Crippen molar-refractivity contribution in [2.24, 2.45) is 0 Å². The van der Waals surface area contributed by atoms with Crippen molar-refractivity contribution < 1.29 is 16.8 Å². The first-order valence-corrected chi connectivity index (χ1v) is 9.97. The molecule has 0 saturated heterocycles. The molecule has 0 saturated carbocycles. The van der Waals surface area contributed by atoms with Gasteiger partial charge >= 0.3 is 0 Å². The summed E-state index contributed by atoms with van der Waals surface area (Å²) in [6.07, 6.45) is 0. The third-order valence-electron chi connectivity index (χ3n) is 3.33. The molecule has 0 radical (unpaired) electrons. The number of nitrogens with zero attached hydrogens (tertiary/aromatic N) is 1.